The number of hydrogen-bond acceptors (Lipinski definition) is 3. The number of benzene rings is 1. The molecule has 0 unspecified atom stereocenters. The van der Waals surface area contributed by atoms with Gasteiger partial charge in [0.05, 0.1) is 18.3 Å². The molecule has 30 heavy (non-hydrogen) atoms. The monoisotopic (exact) mass is 532 g/mol. The Hall–Kier alpha value is -1.09. The molecule has 0 spiro atoms. The normalized spacial score (nSPS) is 20.6. The van der Waals surface area contributed by atoms with Crippen LogP contribution < -0.4 is 15.5 Å². The van der Waals surface area contributed by atoms with Gasteiger partial charge in [-0.1, -0.05) is 19.9 Å². The van der Waals surface area contributed by atoms with E-state index in [0.29, 0.717) is 49.6 Å². The van der Waals surface area contributed by atoms with Crippen LogP contribution in [0, 0.1) is 11.2 Å². The maximum Gasteiger partial charge on any atom is 0.191 e. The maximum absolute atomic E-state index is 14.7. The summed E-state index contributed by atoms with van der Waals surface area (Å²) in [5, 5.41) is 16.5. The standard InChI is InChI=1S/C23H37FN4O.HI/c1-4-25-22(27-18-7-11-23(2,3)12-8-18)26-16-17-5-6-21(20(24)15-17)28-13-9-19(29)10-14-28;/h5-6,15,18-19,29H,4,7-14,16H2,1-3H3,(H2,25,26,27);1H. The molecule has 1 aromatic carbocycles. The van der Waals surface area contributed by atoms with Gasteiger partial charge in [0.2, 0.25) is 0 Å². The Morgan fingerprint density at radius 2 is 1.87 bits per heavy atom. The van der Waals surface area contributed by atoms with E-state index in [4.69, 9.17) is 0 Å². The summed E-state index contributed by atoms with van der Waals surface area (Å²) in [6.07, 6.45) is 5.91. The molecule has 2 fully saturated rings. The number of nitrogens with zero attached hydrogens (tertiary/aromatic N) is 2. The zero-order valence-electron chi connectivity index (χ0n) is 18.6. The first-order chi connectivity index (χ1) is 13.9. The first-order valence-electron chi connectivity index (χ1n) is 11.1. The van der Waals surface area contributed by atoms with E-state index in [1.54, 1.807) is 6.07 Å². The second-order valence-electron chi connectivity index (χ2n) is 9.28. The van der Waals surface area contributed by atoms with E-state index in [2.05, 4.69) is 36.4 Å². The van der Waals surface area contributed by atoms with E-state index < -0.39 is 0 Å². The van der Waals surface area contributed by atoms with Crippen molar-refractivity contribution in [3.63, 3.8) is 0 Å². The fourth-order valence-electron chi connectivity index (χ4n) is 4.24. The Kier molecular flexibility index (Phi) is 9.66. The molecule has 0 amide bonds. The van der Waals surface area contributed by atoms with Gasteiger partial charge >= 0.3 is 0 Å². The highest BCUT2D eigenvalue weighted by Gasteiger charge is 2.27. The maximum atomic E-state index is 14.7. The molecule has 1 saturated carbocycles. The number of aliphatic hydroxyl groups is 1. The van der Waals surface area contributed by atoms with Gasteiger partial charge in [-0.05, 0) is 68.6 Å². The summed E-state index contributed by atoms with van der Waals surface area (Å²) in [6.45, 7) is 9.39. The molecule has 1 aromatic rings. The van der Waals surface area contributed by atoms with Crippen LogP contribution in [0.3, 0.4) is 0 Å². The van der Waals surface area contributed by atoms with Gasteiger partial charge in [0.1, 0.15) is 5.82 Å². The lowest BCUT2D eigenvalue weighted by molar-refractivity contribution is 0.145. The molecule has 0 atom stereocenters. The highest BCUT2D eigenvalue weighted by molar-refractivity contribution is 14.0. The molecule has 1 heterocycles. The predicted molar refractivity (Wildman–Crippen MR) is 133 cm³/mol. The number of guanidine groups is 1. The molecule has 7 heteroatoms. The summed E-state index contributed by atoms with van der Waals surface area (Å²) in [5.41, 5.74) is 1.93. The van der Waals surface area contributed by atoms with Crippen molar-refractivity contribution in [2.45, 2.75) is 78.0 Å². The molecule has 2 aliphatic rings. The minimum absolute atomic E-state index is 0. The van der Waals surface area contributed by atoms with E-state index >= 15 is 0 Å². The van der Waals surface area contributed by atoms with Gasteiger partial charge in [0, 0.05) is 25.7 Å². The lowest BCUT2D eigenvalue weighted by Gasteiger charge is -2.35. The second kappa shape index (κ2) is 11.5. The summed E-state index contributed by atoms with van der Waals surface area (Å²) in [7, 11) is 0. The van der Waals surface area contributed by atoms with Crippen molar-refractivity contribution in [1.82, 2.24) is 10.6 Å². The number of piperidine rings is 1. The third kappa shape index (κ3) is 7.25. The van der Waals surface area contributed by atoms with Gasteiger partial charge in [-0.3, -0.25) is 0 Å². The first kappa shape index (κ1) is 25.2. The van der Waals surface area contributed by atoms with Crippen LogP contribution in [0.15, 0.2) is 23.2 Å². The summed E-state index contributed by atoms with van der Waals surface area (Å²) in [4.78, 5) is 6.71. The number of rotatable bonds is 5. The van der Waals surface area contributed by atoms with Crippen LogP contribution in [-0.2, 0) is 6.54 Å². The predicted octanol–water partition coefficient (Wildman–Crippen LogP) is 4.43. The van der Waals surface area contributed by atoms with Crippen LogP contribution >= 0.6 is 24.0 Å². The highest BCUT2D eigenvalue weighted by atomic mass is 127. The van der Waals surface area contributed by atoms with Crippen molar-refractivity contribution in [1.29, 1.82) is 0 Å². The quantitative estimate of drug-likeness (QED) is 0.299. The Morgan fingerprint density at radius 1 is 1.20 bits per heavy atom. The lowest BCUT2D eigenvalue weighted by atomic mass is 9.75. The van der Waals surface area contributed by atoms with Crippen molar-refractivity contribution in [3.8, 4) is 0 Å². The Bertz CT molecular complexity index is 694. The lowest BCUT2D eigenvalue weighted by Crippen LogP contribution is -2.45. The Labute approximate surface area is 197 Å². The van der Waals surface area contributed by atoms with Crippen molar-refractivity contribution in [3.05, 3.63) is 29.6 Å². The van der Waals surface area contributed by atoms with Crippen LogP contribution in [0.2, 0.25) is 0 Å². The van der Waals surface area contributed by atoms with Crippen LogP contribution in [0.4, 0.5) is 10.1 Å². The van der Waals surface area contributed by atoms with Crippen LogP contribution in [0.5, 0.6) is 0 Å². The van der Waals surface area contributed by atoms with Crippen LogP contribution in [-0.4, -0.2) is 42.8 Å². The summed E-state index contributed by atoms with van der Waals surface area (Å²) in [5.74, 6) is 0.605. The zero-order chi connectivity index (χ0) is 20.9. The minimum Gasteiger partial charge on any atom is -0.393 e. The van der Waals surface area contributed by atoms with E-state index in [1.165, 1.54) is 12.8 Å². The van der Waals surface area contributed by atoms with Gasteiger partial charge in [-0.25, -0.2) is 9.38 Å². The fourth-order valence-corrected chi connectivity index (χ4v) is 4.24. The van der Waals surface area contributed by atoms with E-state index in [1.807, 2.05) is 17.0 Å². The Balaban J connectivity index is 0.00000320. The van der Waals surface area contributed by atoms with Gasteiger partial charge in [-0.2, -0.15) is 0 Å². The number of anilines is 1. The fraction of sp³-hybridized carbons (Fsp3) is 0.696. The molecule has 0 aromatic heterocycles. The zero-order valence-corrected chi connectivity index (χ0v) is 20.9. The SMILES string of the molecule is CCNC(=NCc1ccc(N2CCC(O)CC2)c(F)c1)NC1CCC(C)(C)CC1.I. The molecule has 0 radical (unpaired) electrons. The summed E-state index contributed by atoms with van der Waals surface area (Å²) >= 11 is 0. The number of hydrogen-bond donors (Lipinski definition) is 3. The summed E-state index contributed by atoms with van der Waals surface area (Å²) in [6, 6.07) is 5.85. The van der Waals surface area contributed by atoms with Crippen molar-refractivity contribution >= 4 is 35.6 Å². The molecular formula is C23H38FIN4O. The van der Waals surface area contributed by atoms with Gasteiger partial charge in [0.15, 0.2) is 5.96 Å². The minimum atomic E-state index is -0.254. The molecule has 3 rings (SSSR count). The number of nitrogens with one attached hydrogen (secondary N) is 2. The average molecular weight is 532 g/mol. The topological polar surface area (TPSA) is 59.9 Å². The first-order valence-corrected chi connectivity index (χ1v) is 11.1. The average Bonchev–Trinajstić information content (AvgIpc) is 2.69. The molecule has 3 N–H and O–H groups in total. The smallest absolute Gasteiger partial charge is 0.191 e. The molecule has 5 nitrogen and oxygen atoms in total. The van der Waals surface area contributed by atoms with E-state index in [9.17, 15) is 9.50 Å². The molecule has 1 aliphatic carbocycles. The molecule has 1 aliphatic heterocycles. The van der Waals surface area contributed by atoms with Gasteiger partial charge < -0.3 is 20.6 Å². The summed E-state index contributed by atoms with van der Waals surface area (Å²) < 4.78 is 14.7. The van der Waals surface area contributed by atoms with E-state index in [-0.39, 0.29) is 35.9 Å². The van der Waals surface area contributed by atoms with Gasteiger partial charge in [0.25, 0.3) is 0 Å². The largest absolute Gasteiger partial charge is 0.393 e. The Morgan fingerprint density at radius 3 is 2.47 bits per heavy atom. The van der Waals surface area contributed by atoms with Crippen LogP contribution in [0.1, 0.15) is 64.9 Å². The van der Waals surface area contributed by atoms with Crippen molar-refractivity contribution in [2.24, 2.45) is 10.4 Å². The second-order valence-corrected chi connectivity index (χ2v) is 9.28. The van der Waals surface area contributed by atoms with Crippen molar-refractivity contribution < 1.29 is 9.50 Å². The molecule has 1 saturated heterocycles. The molecule has 0 bridgehead atoms. The van der Waals surface area contributed by atoms with Gasteiger partial charge in [-0.15, -0.1) is 24.0 Å². The number of halogens is 2. The number of aliphatic hydroxyl groups excluding tert-OH is 1. The third-order valence-corrected chi connectivity index (χ3v) is 6.26. The molecule has 170 valence electrons. The van der Waals surface area contributed by atoms with Crippen LogP contribution in [0.25, 0.3) is 0 Å². The highest BCUT2D eigenvalue weighted by Crippen LogP contribution is 2.35. The third-order valence-electron chi connectivity index (χ3n) is 6.26. The van der Waals surface area contributed by atoms with E-state index in [0.717, 1.165) is 30.9 Å². The van der Waals surface area contributed by atoms with Crippen molar-refractivity contribution in [2.75, 3.05) is 24.5 Å². The number of aliphatic imine (C=N–C) groups is 1. The molecular weight excluding hydrogens is 494 g/mol.